The van der Waals surface area contributed by atoms with Crippen molar-refractivity contribution in [2.75, 3.05) is 5.32 Å². The average molecular weight is 503 g/mol. The van der Waals surface area contributed by atoms with Crippen LogP contribution >= 0.6 is 0 Å². The number of hydrogen-bond donors (Lipinski definition) is 1. The number of fused-ring (bicyclic) bond motifs is 4. The quantitative estimate of drug-likeness (QED) is 0.361. The molecule has 1 aliphatic carbocycles. The molecule has 2 aromatic carbocycles. The highest BCUT2D eigenvalue weighted by atomic mass is 19.4. The predicted octanol–water partition coefficient (Wildman–Crippen LogP) is 5.32. The third kappa shape index (κ3) is 4.14. The van der Waals surface area contributed by atoms with Gasteiger partial charge in [-0.25, -0.2) is 9.50 Å². The van der Waals surface area contributed by atoms with E-state index in [0.29, 0.717) is 18.5 Å². The van der Waals surface area contributed by atoms with Crippen molar-refractivity contribution in [2.24, 2.45) is 0 Å². The largest absolute Gasteiger partial charge is 0.433 e. The van der Waals surface area contributed by atoms with Gasteiger partial charge < -0.3 is 5.32 Å². The van der Waals surface area contributed by atoms with Gasteiger partial charge in [0.1, 0.15) is 0 Å². The van der Waals surface area contributed by atoms with Crippen LogP contribution in [0, 0.1) is 6.92 Å². The summed E-state index contributed by atoms with van der Waals surface area (Å²) in [6.45, 7) is 2.52. The van der Waals surface area contributed by atoms with Crippen molar-refractivity contribution < 1.29 is 18.0 Å². The zero-order valence-electron chi connectivity index (χ0n) is 19.8. The maximum atomic E-state index is 14.2. The SMILES string of the molecule is Cc1ccccc1Cn1ccc(NC(=O)c2cc3nc4c(c(C(F)(F)F)n3n2)CCc2ccccc2-4)n1. The van der Waals surface area contributed by atoms with Crippen LogP contribution in [0.4, 0.5) is 19.0 Å². The Bertz CT molecular complexity index is 1670. The fourth-order valence-corrected chi connectivity index (χ4v) is 4.79. The molecule has 3 heterocycles. The Morgan fingerprint density at radius 1 is 1.03 bits per heavy atom. The fourth-order valence-electron chi connectivity index (χ4n) is 4.79. The number of halogens is 3. The Kier molecular flexibility index (Phi) is 5.32. The number of carbonyl (C=O) groups is 1. The monoisotopic (exact) mass is 502 g/mol. The fraction of sp³-hybridized carbons (Fsp3) is 0.185. The molecule has 6 rings (SSSR count). The molecular weight excluding hydrogens is 481 g/mol. The number of amides is 1. The Balaban J connectivity index is 1.33. The number of hydrogen-bond acceptors (Lipinski definition) is 4. The van der Waals surface area contributed by atoms with Gasteiger partial charge in [0.2, 0.25) is 0 Å². The second-order valence-electron chi connectivity index (χ2n) is 9.02. The minimum Gasteiger partial charge on any atom is -0.304 e. The van der Waals surface area contributed by atoms with E-state index in [0.717, 1.165) is 21.2 Å². The highest BCUT2D eigenvalue weighted by molar-refractivity contribution is 6.03. The molecule has 0 unspecified atom stereocenters. The Labute approximate surface area is 209 Å². The van der Waals surface area contributed by atoms with E-state index in [1.807, 2.05) is 43.3 Å². The lowest BCUT2D eigenvalue weighted by Crippen LogP contribution is -2.21. The van der Waals surface area contributed by atoms with E-state index in [1.54, 1.807) is 29.1 Å². The van der Waals surface area contributed by atoms with Crippen molar-refractivity contribution in [3.05, 3.63) is 101 Å². The van der Waals surface area contributed by atoms with Gasteiger partial charge in [0.25, 0.3) is 5.91 Å². The molecule has 0 fully saturated rings. The standard InChI is InChI=1S/C27H21F3N6O/c1-16-6-2-3-8-18(16)15-35-13-12-22(34-35)31-26(37)21-14-23-32-24-19-9-5-4-7-17(19)10-11-20(24)25(27(28,29)30)36(23)33-21/h2-9,12-14H,10-11,15H2,1H3,(H,31,34,37). The summed E-state index contributed by atoms with van der Waals surface area (Å²) in [4.78, 5) is 17.4. The second kappa shape index (κ2) is 8.58. The van der Waals surface area contributed by atoms with Gasteiger partial charge in [-0.15, -0.1) is 0 Å². The first-order valence-corrected chi connectivity index (χ1v) is 11.8. The van der Waals surface area contributed by atoms with Crippen LogP contribution in [0.5, 0.6) is 0 Å². The van der Waals surface area contributed by atoms with Crippen molar-refractivity contribution in [1.29, 1.82) is 0 Å². The lowest BCUT2D eigenvalue weighted by atomic mass is 9.88. The average Bonchev–Trinajstić information content (AvgIpc) is 3.49. The van der Waals surface area contributed by atoms with Gasteiger partial charge in [-0.3, -0.25) is 9.48 Å². The minimum atomic E-state index is -4.67. The molecule has 0 spiro atoms. The molecule has 0 atom stereocenters. The Morgan fingerprint density at radius 2 is 1.81 bits per heavy atom. The molecule has 10 heteroatoms. The molecule has 3 aromatic heterocycles. The highest BCUT2D eigenvalue weighted by Crippen LogP contribution is 2.40. The van der Waals surface area contributed by atoms with Crippen molar-refractivity contribution in [2.45, 2.75) is 32.5 Å². The van der Waals surface area contributed by atoms with Crippen LogP contribution in [-0.4, -0.2) is 30.3 Å². The van der Waals surface area contributed by atoms with E-state index in [2.05, 4.69) is 20.5 Å². The molecule has 5 aromatic rings. The zero-order chi connectivity index (χ0) is 25.7. The third-order valence-corrected chi connectivity index (χ3v) is 6.59. The molecule has 7 nitrogen and oxygen atoms in total. The number of aromatic nitrogens is 5. The third-order valence-electron chi connectivity index (χ3n) is 6.59. The summed E-state index contributed by atoms with van der Waals surface area (Å²) >= 11 is 0. The molecule has 0 radical (unpaired) electrons. The molecule has 0 saturated heterocycles. The number of nitrogens with one attached hydrogen (secondary N) is 1. The first-order chi connectivity index (χ1) is 17.8. The molecule has 1 aliphatic rings. The molecule has 1 amide bonds. The van der Waals surface area contributed by atoms with E-state index in [9.17, 15) is 18.0 Å². The van der Waals surface area contributed by atoms with Crippen LogP contribution in [0.2, 0.25) is 0 Å². The number of nitrogens with zero attached hydrogens (tertiary/aromatic N) is 5. The second-order valence-corrected chi connectivity index (χ2v) is 9.02. The predicted molar refractivity (Wildman–Crippen MR) is 131 cm³/mol. The summed E-state index contributed by atoms with van der Waals surface area (Å²) in [6.07, 6.45) is -2.30. The number of carbonyl (C=O) groups excluding carboxylic acids is 1. The van der Waals surface area contributed by atoms with Gasteiger partial charge in [0.15, 0.2) is 22.9 Å². The summed E-state index contributed by atoms with van der Waals surface area (Å²) in [6, 6.07) is 18.1. The van der Waals surface area contributed by atoms with Gasteiger partial charge in [0.05, 0.1) is 12.2 Å². The number of alkyl halides is 3. The van der Waals surface area contributed by atoms with Crippen molar-refractivity contribution in [3.63, 3.8) is 0 Å². The normalized spacial score (nSPS) is 12.9. The molecular formula is C27H21F3N6O. The van der Waals surface area contributed by atoms with Gasteiger partial charge >= 0.3 is 6.18 Å². The molecule has 0 bridgehead atoms. The van der Waals surface area contributed by atoms with Crippen molar-refractivity contribution >= 4 is 17.4 Å². The summed E-state index contributed by atoms with van der Waals surface area (Å²) < 4.78 is 45.2. The number of rotatable bonds is 4. The topological polar surface area (TPSA) is 77.1 Å². The Hall–Kier alpha value is -4.47. The zero-order valence-corrected chi connectivity index (χ0v) is 19.8. The summed E-state index contributed by atoms with van der Waals surface area (Å²) in [5, 5.41) is 11.0. The summed E-state index contributed by atoms with van der Waals surface area (Å²) in [7, 11) is 0. The van der Waals surface area contributed by atoms with Crippen LogP contribution in [0.25, 0.3) is 16.9 Å². The number of benzene rings is 2. The van der Waals surface area contributed by atoms with Gasteiger partial charge in [-0.2, -0.15) is 23.4 Å². The van der Waals surface area contributed by atoms with Crippen LogP contribution in [0.1, 0.15) is 38.4 Å². The molecule has 37 heavy (non-hydrogen) atoms. The Morgan fingerprint density at radius 3 is 2.62 bits per heavy atom. The van der Waals surface area contributed by atoms with E-state index >= 15 is 0 Å². The van der Waals surface area contributed by atoms with Crippen molar-refractivity contribution in [3.8, 4) is 11.3 Å². The van der Waals surface area contributed by atoms with Crippen LogP contribution < -0.4 is 5.32 Å². The molecule has 0 aliphatic heterocycles. The maximum absolute atomic E-state index is 14.2. The lowest BCUT2D eigenvalue weighted by Gasteiger charge is -2.23. The van der Waals surface area contributed by atoms with E-state index in [-0.39, 0.29) is 34.8 Å². The molecule has 1 N–H and O–H groups in total. The molecule has 186 valence electrons. The van der Waals surface area contributed by atoms with Gasteiger partial charge in [-0.1, -0.05) is 48.5 Å². The smallest absolute Gasteiger partial charge is 0.304 e. The van der Waals surface area contributed by atoms with E-state index in [4.69, 9.17) is 0 Å². The van der Waals surface area contributed by atoms with Crippen LogP contribution in [0.15, 0.2) is 66.9 Å². The van der Waals surface area contributed by atoms with Crippen molar-refractivity contribution in [1.82, 2.24) is 24.4 Å². The first kappa shape index (κ1) is 23.0. The minimum absolute atomic E-state index is 0.0435. The number of anilines is 1. The van der Waals surface area contributed by atoms with Crippen LogP contribution in [-0.2, 0) is 25.6 Å². The van der Waals surface area contributed by atoms with Gasteiger partial charge in [-0.05, 0) is 36.5 Å². The van der Waals surface area contributed by atoms with Gasteiger partial charge in [0, 0.05) is 29.5 Å². The first-order valence-electron chi connectivity index (χ1n) is 11.8. The summed E-state index contributed by atoms with van der Waals surface area (Å²) in [5.41, 5.74) is 3.06. The molecule has 0 saturated carbocycles. The van der Waals surface area contributed by atoms with E-state index < -0.39 is 17.8 Å². The summed E-state index contributed by atoms with van der Waals surface area (Å²) in [5.74, 6) is -0.397. The highest BCUT2D eigenvalue weighted by Gasteiger charge is 2.40. The van der Waals surface area contributed by atoms with E-state index in [1.165, 1.54) is 6.07 Å². The lowest BCUT2D eigenvalue weighted by molar-refractivity contribution is -0.143. The maximum Gasteiger partial charge on any atom is 0.433 e. The number of aryl methyl sites for hydroxylation is 2. The van der Waals surface area contributed by atoms with Crippen LogP contribution in [0.3, 0.4) is 0 Å².